The van der Waals surface area contributed by atoms with Crippen molar-refractivity contribution >= 4 is 27.6 Å². The van der Waals surface area contributed by atoms with Gasteiger partial charge in [-0.05, 0) is 48.2 Å². The largest absolute Gasteiger partial charge is 0.477 e. The van der Waals surface area contributed by atoms with Gasteiger partial charge in [0.05, 0.1) is 4.90 Å². The molecule has 0 saturated heterocycles. The quantitative estimate of drug-likeness (QED) is 0.675. The average Bonchev–Trinajstić information content (AvgIpc) is 3.22. The third-order valence-corrected chi connectivity index (χ3v) is 6.15. The van der Waals surface area contributed by atoms with E-state index in [1.807, 2.05) is 16.7 Å². The zero-order valence-electron chi connectivity index (χ0n) is 14.7. The lowest BCUT2D eigenvalue weighted by Crippen LogP contribution is -2.12. The van der Waals surface area contributed by atoms with Gasteiger partial charge in [-0.15, -0.1) is 0 Å². The minimum Gasteiger partial charge on any atom is -0.477 e. The second kappa shape index (κ2) is 6.77. The van der Waals surface area contributed by atoms with Gasteiger partial charge in [-0.2, -0.15) is 0 Å². The van der Waals surface area contributed by atoms with E-state index in [9.17, 15) is 18.3 Å². The molecule has 8 heteroatoms. The minimum atomic E-state index is -3.83. The minimum absolute atomic E-state index is 0.0204. The number of sulfonamides is 1. The monoisotopic (exact) mass is 416 g/mol. The van der Waals surface area contributed by atoms with E-state index in [-0.39, 0.29) is 10.6 Å². The van der Waals surface area contributed by atoms with E-state index in [1.54, 1.807) is 24.3 Å². The van der Waals surface area contributed by atoms with E-state index in [0.717, 1.165) is 29.7 Å². The second-order valence-corrected chi connectivity index (χ2v) is 8.68. The molecule has 3 N–H and O–H groups in total. The van der Waals surface area contributed by atoms with E-state index >= 15 is 0 Å². The zero-order chi connectivity index (χ0) is 20.1. The predicted octanol–water partition coefficient (Wildman–Crippen LogP) is 3.77. The van der Waals surface area contributed by atoms with Crippen LogP contribution in [0.3, 0.4) is 0 Å². The zero-order valence-corrected chi connectivity index (χ0v) is 16.3. The maximum Gasteiger partial charge on any atom is 0.353 e. The van der Waals surface area contributed by atoms with Crippen LogP contribution in [0.5, 0.6) is 0 Å². The van der Waals surface area contributed by atoms with Crippen LogP contribution >= 0.6 is 11.6 Å². The molecule has 0 fully saturated rings. The molecule has 0 spiro atoms. The summed E-state index contributed by atoms with van der Waals surface area (Å²) in [6.07, 6.45) is 1.65. The molecule has 0 radical (unpaired) electrons. The highest BCUT2D eigenvalue weighted by Gasteiger charge is 2.30. The fourth-order valence-corrected chi connectivity index (χ4v) is 4.46. The van der Waals surface area contributed by atoms with Crippen molar-refractivity contribution in [3.05, 3.63) is 64.9 Å². The summed E-state index contributed by atoms with van der Waals surface area (Å²) in [5.41, 5.74) is 4.08. The first-order chi connectivity index (χ1) is 13.3. The van der Waals surface area contributed by atoms with Gasteiger partial charge < -0.3 is 9.67 Å². The van der Waals surface area contributed by atoms with Crippen LogP contribution in [-0.4, -0.2) is 24.1 Å². The summed E-state index contributed by atoms with van der Waals surface area (Å²) in [6, 6.07) is 13.2. The number of hydrogen-bond acceptors (Lipinski definition) is 3. The van der Waals surface area contributed by atoms with Crippen molar-refractivity contribution in [1.29, 1.82) is 0 Å². The van der Waals surface area contributed by atoms with E-state index in [1.165, 1.54) is 12.1 Å². The third-order valence-electron chi connectivity index (χ3n) is 4.97. The highest BCUT2D eigenvalue weighted by atomic mass is 35.5. The molecule has 0 aliphatic carbocycles. The number of carboxylic acid groups (broad SMARTS) is 1. The number of carbonyl (C=O) groups is 1. The molecular formula is C20H17ClN2O4S. The Labute approximate surface area is 167 Å². The van der Waals surface area contributed by atoms with E-state index < -0.39 is 16.0 Å². The maximum atomic E-state index is 12.1. The normalized spacial score (nSPS) is 13.5. The first-order valence-corrected chi connectivity index (χ1v) is 10.6. The van der Waals surface area contributed by atoms with Gasteiger partial charge in [0.2, 0.25) is 10.0 Å². The van der Waals surface area contributed by atoms with E-state index in [2.05, 4.69) is 0 Å². The molecule has 0 saturated carbocycles. The smallest absolute Gasteiger partial charge is 0.353 e. The van der Waals surface area contributed by atoms with Crippen LogP contribution < -0.4 is 5.14 Å². The number of benzene rings is 2. The standard InChI is InChI=1S/C20H17ClN2O4S/c21-14-7-3-12(4-8-14)17-16-2-1-11-23(16)19(20(24)25)18(17)13-5-9-15(10-6-13)28(22,26)27/h3-10H,1-2,11H2,(H,24,25)(H2,22,26,27). The van der Waals surface area contributed by atoms with Gasteiger partial charge >= 0.3 is 5.97 Å². The highest BCUT2D eigenvalue weighted by molar-refractivity contribution is 7.89. The molecule has 144 valence electrons. The van der Waals surface area contributed by atoms with E-state index in [4.69, 9.17) is 16.7 Å². The molecule has 0 amide bonds. The summed E-state index contributed by atoms with van der Waals surface area (Å²) >= 11 is 6.02. The Balaban J connectivity index is 2.00. The number of halogens is 1. The fraction of sp³-hybridized carbons (Fsp3) is 0.150. The van der Waals surface area contributed by atoms with Crippen LogP contribution in [0, 0.1) is 0 Å². The number of aromatic carboxylic acids is 1. The molecule has 1 aromatic heterocycles. The lowest BCUT2D eigenvalue weighted by Gasteiger charge is -2.10. The lowest BCUT2D eigenvalue weighted by molar-refractivity contribution is 0.0686. The molecule has 0 atom stereocenters. The molecule has 0 unspecified atom stereocenters. The van der Waals surface area contributed by atoms with Crippen LogP contribution in [0.15, 0.2) is 53.4 Å². The van der Waals surface area contributed by atoms with Crippen molar-refractivity contribution in [2.75, 3.05) is 0 Å². The Kier molecular flexibility index (Phi) is 4.53. The molecule has 0 bridgehead atoms. The molecular weight excluding hydrogens is 400 g/mol. The van der Waals surface area contributed by atoms with Crippen molar-refractivity contribution in [2.45, 2.75) is 24.3 Å². The van der Waals surface area contributed by atoms with Crippen LogP contribution in [0.1, 0.15) is 22.6 Å². The molecule has 6 nitrogen and oxygen atoms in total. The maximum absolute atomic E-state index is 12.1. The number of carboxylic acids is 1. The molecule has 1 aliphatic rings. The fourth-order valence-electron chi connectivity index (χ4n) is 3.82. The predicted molar refractivity (Wildman–Crippen MR) is 107 cm³/mol. The van der Waals surface area contributed by atoms with Gasteiger partial charge in [0, 0.05) is 28.4 Å². The van der Waals surface area contributed by atoms with Gasteiger partial charge in [0.25, 0.3) is 0 Å². The van der Waals surface area contributed by atoms with Gasteiger partial charge in [-0.1, -0.05) is 35.9 Å². The molecule has 2 heterocycles. The summed E-state index contributed by atoms with van der Waals surface area (Å²) < 4.78 is 25.0. The van der Waals surface area contributed by atoms with Crippen molar-refractivity contribution in [1.82, 2.24) is 4.57 Å². The summed E-state index contributed by atoms with van der Waals surface area (Å²) in [7, 11) is -3.83. The summed E-state index contributed by atoms with van der Waals surface area (Å²) in [4.78, 5) is 12.1. The Hall–Kier alpha value is -2.61. The Morgan fingerprint density at radius 3 is 2.14 bits per heavy atom. The Bertz CT molecular complexity index is 1180. The average molecular weight is 417 g/mol. The Morgan fingerprint density at radius 2 is 1.57 bits per heavy atom. The van der Waals surface area contributed by atoms with Crippen LogP contribution in [0.25, 0.3) is 22.3 Å². The first kappa shape index (κ1) is 18.7. The van der Waals surface area contributed by atoms with Crippen LogP contribution in [-0.2, 0) is 23.0 Å². The molecule has 28 heavy (non-hydrogen) atoms. The molecule has 2 aromatic carbocycles. The number of fused-ring (bicyclic) bond motifs is 1. The highest BCUT2D eigenvalue weighted by Crippen LogP contribution is 2.43. The van der Waals surface area contributed by atoms with Crippen LogP contribution in [0.4, 0.5) is 0 Å². The Morgan fingerprint density at radius 1 is 1.00 bits per heavy atom. The van der Waals surface area contributed by atoms with Crippen molar-refractivity contribution in [3.8, 4) is 22.3 Å². The topological polar surface area (TPSA) is 102 Å². The summed E-state index contributed by atoms with van der Waals surface area (Å²) in [5.74, 6) is -1.02. The number of nitrogens with zero attached hydrogens (tertiary/aromatic N) is 1. The van der Waals surface area contributed by atoms with Crippen molar-refractivity contribution in [3.63, 3.8) is 0 Å². The van der Waals surface area contributed by atoms with E-state index in [0.29, 0.717) is 22.7 Å². The van der Waals surface area contributed by atoms with Gasteiger partial charge in [0.1, 0.15) is 5.69 Å². The SMILES string of the molecule is NS(=O)(=O)c1ccc(-c2c(-c3ccc(Cl)cc3)c3n(c2C(=O)O)CCC3)cc1. The summed E-state index contributed by atoms with van der Waals surface area (Å²) in [6.45, 7) is 0.632. The second-order valence-electron chi connectivity index (χ2n) is 6.68. The number of hydrogen-bond donors (Lipinski definition) is 2. The number of primary sulfonamides is 1. The molecule has 3 aromatic rings. The van der Waals surface area contributed by atoms with Gasteiger partial charge in [-0.25, -0.2) is 18.4 Å². The van der Waals surface area contributed by atoms with Crippen LogP contribution in [0.2, 0.25) is 5.02 Å². The van der Waals surface area contributed by atoms with Crippen molar-refractivity contribution < 1.29 is 18.3 Å². The third kappa shape index (κ3) is 3.11. The molecule has 4 rings (SSSR count). The van der Waals surface area contributed by atoms with Gasteiger partial charge in [-0.3, -0.25) is 0 Å². The van der Waals surface area contributed by atoms with Gasteiger partial charge in [0.15, 0.2) is 0 Å². The summed E-state index contributed by atoms with van der Waals surface area (Å²) in [5, 5.41) is 15.7. The number of aromatic nitrogens is 1. The lowest BCUT2D eigenvalue weighted by atomic mass is 9.94. The number of rotatable bonds is 4. The first-order valence-electron chi connectivity index (χ1n) is 8.65. The molecule has 1 aliphatic heterocycles. The number of nitrogens with two attached hydrogens (primary N) is 1. The van der Waals surface area contributed by atoms with Crippen molar-refractivity contribution in [2.24, 2.45) is 5.14 Å².